The summed E-state index contributed by atoms with van der Waals surface area (Å²) in [6.45, 7) is -0.421. The number of aromatic nitrogens is 3. The van der Waals surface area contributed by atoms with Crippen molar-refractivity contribution in [2.45, 2.75) is 0 Å². The van der Waals surface area contributed by atoms with Crippen LogP contribution in [0.2, 0.25) is 0 Å². The second kappa shape index (κ2) is 6.18. The molecule has 0 aliphatic rings. The molecule has 9 heteroatoms. The largest absolute Gasteiger partial charge is 0.481 e. The van der Waals surface area contributed by atoms with Crippen molar-refractivity contribution >= 4 is 18.1 Å². The number of nitrogens with zero attached hydrogens (tertiary/aromatic N) is 4. The van der Waals surface area contributed by atoms with Crippen LogP contribution in [0.25, 0.3) is 0 Å². The Morgan fingerprint density at radius 1 is 1.55 bits per heavy atom. The Balaban J connectivity index is 2.05. The van der Waals surface area contributed by atoms with Gasteiger partial charge in [0.05, 0.1) is 6.21 Å². The van der Waals surface area contributed by atoms with Crippen LogP contribution in [0.15, 0.2) is 35.7 Å². The Kier molecular flexibility index (Phi) is 4.12. The number of aliphatic carboxylic acids is 1. The Morgan fingerprint density at radius 3 is 3.05 bits per heavy atom. The zero-order chi connectivity index (χ0) is 14.4. The smallest absolute Gasteiger partial charge is 0.341 e. The molecule has 0 saturated carbocycles. The van der Waals surface area contributed by atoms with Crippen LogP contribution in [0.5, 0.6) is 5.75 Å². The molecular formula is C11H12N6O3. The highest BCUT2D eigenvalue weighted by Crippen LogP contribution is 2.15. The van der Waals surface area contributed by atoms with Crippen LogP contribution in [0.4, 0.5) is 5.95 Å². The average molecular weight is 276 g/mol. The molecule has 104 valence electrons. The third-order valence-electron chi connectivity index (χ3n) is 2.21. The summed E-state index contributed by atoms with van der Waals surface area (Å²) >= 11 is 0. The molecule has 0 aliphatic carbocycles. The molecule has 20 heavy (non-hydrogen) atoms. The molecule has 0 unspecified atom stereocenters. The molecule has 2 rings (SSSR count). The van der Waals surface area contributed by atoms with Crippen molar-refractivity contribution in [3.05, 3.63) is 36.2 Å². The van der Waals surface area contributed by atoms with Crippen LogP contribution >= 0.6 is 0 Å². The lowest BCUT2D eigenvalue weighted by atomic mass is 10.2. The van der Waals surface area contributed by atoms with Crippen LogP contribution in [0, 0.1) is 0 Å². The van der Waals surface area contributed by atoms with E-state index in [1.165, 1.54) is 17.2 Å². The maximum Gasteiger partial charge on any atom is 0.341 e. The van der Waals surface area contributed by atoms with Gasteiger partial charge in [0.2, 0.25) is 0 Å². The number of rotatable bonds is 6. The van der Waals surface area contributed by atoms with E-state index >= 15 is 0 Å². The zero-order valence-electron chi connectivity index (χ0n) is 10.3. The van der Waals surface area contributed by atoms with Crippen molar-refractivity contribution in [3.8, 4) is 5.75 Å². The molecule has 0 bridgehead atoms. The monoisotopic (exact) mass is 276 g/mol. The number of benzene rings is 1. The fourth-order valence-electron chi connectivity index (χ4n) is 1.34. The summed E-state index contributed by atoms with van der Waals surface area (Å²) in [7, 11) is 0. The molecule has 1 aromatic carbocycles. The van der Waals surface area contributed by atoms with E-state index < -0.39 is 12.6 Å². The minimum absolute atomic E-state index is 0.269. The normalized spacial score (nSPS) is 10.6. The first-order valence-corrected chi connectivity index (χ1v) is 5.54. The number of anilines is 1. The molecule has 0 spiro atoms. The van der Waals surface area contributed by atoms with E-state index in [-0.39, 0.29) is 5.95 Å². The summed E-state index contributed by atoms with van der Waals surface area (Å²) in [4.78, 5) is 10.5. The number of hydrogen-bond donors (Lipinski definition) is 3. The van der Waals surface area contributed by atoms with Crippen molar-refractivity contribution in [2.75, 3.05) is 17.9 Å². The molecule has 2 aromatic rings. The van der Waals surface area contributed by atoms with Gasteiger partial charge in [0.1, 0.15) is 12.1 Å². The highest BCUT2D eigenvalue weighted by atomic mass is 16.5. The van der Waals surface area contributed by atoms with Gasteiger partial charge in [-0.1, -0.05) is 12.1 Å². The van der Waals surface area contributed by atoms with Crippen LogP contribution in [-0.4, -0.2) is 38.8 Å². The van der Waals surface area contributed by atoms with Gasteiger partial charge in [-0.15, -0.1) is 10.2 Å². The molecule has 1 heterocycles. The van der Waals surface area contributed by atoms with Gasteiger partial charge < -0.3 is 15.7 Å². The van der Waals surface area contributed by atoms with Gasteiger partial charge >= 0.3 is 5.97 Å². The number of carboxylic acids is 1. The molecule has 0 saturated heterocycles. The predicted molar refractivity (Wildman–Crippen MR) is 71.0 cm³/mol. The molecule has 0 amide bonds. The van der Waals surface area contributed by atoms with E-state index in [1.807, 2.05) is 0 Å². The summed E-state index contributed by atoms with van der Waals surface area (Å²) < 4.78 is 6.30. The number of ether oxygens (including phenoxy) is 1. The Morgan fingerprint density at radius 2 is 2.35 bits per heavy atom. The standard InChI is InChI=1S/C11H12N6O3/c12-17-7-14-16-11(17)15-13-5-8-3-1-2-4-9(8)20-6-10(18)19/h1-5,7H,6,12H2,(H,15,16)(H,18,19)/b13-5+. The van der Waals surface area contributed by atoms with Gasteiger partial charge in [0.15, 0.2) is 6.61 Å². The first-order valence-electron chi connectivity index (χ1n) is 5.54. The summed E-state index contributed by atoms with van der Waals surface area (Å²) in [5.74, 6) is 5.13. The minimum atomic E-state index is -1.05. The molecule has 1 aromatic heterocycles. The first-order chi connectivity index (χ1) is 9.66. The molecule has 0 aliphatic heterocycles. The predicted octanol–water partition coefficient (Wildman–Crippen LogP) is -0.0987. The second-order valence-electron chi connectivity index (χ2n) is 3.65. The first kappa shape index (κ1) is 13.3. The van der Waals surface area contributed by atoms with Crippen LogP contribution in [0.1, 0.15) is 5.56 Å². The number of carboxylic acid groups (broad SMARTS) is 1. The minimum Gasteiger partial charge on any atom is -0.481 e. The molecule has 0 fully saturated rings. The summed E-state index contributed by atoms with van der Waals surface area (Å²) in [6.07, 6.45) is 2.79. The number of nitrogen functional groups attached to an aromatic ring is 1. The number of nitrogens with two attached hydrogens (primary N) is 1. The third kappa shape index (κ3) is 3.45. The lowest BCUT2D eigenvalue weighted by molar-refractivity contribution is -0.139. The maximum absolute atomic E-state index is 10.5. The van der Waals surface area contributed by atoms with Crippen LogP contribution in [-0.2, 0) is 4.79 Å². The van der Waals surface area contributed by atoms with E-state index in [0.29, 0.717) is 11.3 Å². The van der Waals surface area contributed by atoms with Crippen molar-refractivity contribution in [1.82, 2.24) is 14.9 Å². The number of hydrazone groups is 1. The lowest BCUT2D eigenvalue weighted by Crippen LogP contribution is -2.11. The number of carbonyl (C=O) groups is 1. The second-order valence-corrected chi connectivity index (χ2v) is 3.65. The Hall–Kier alpha value is -3.10. The number of para-hydroxylation sites is 1. The summed E-state index contributed by atoms with van der Waals surface area (Å²) in [5.41, 5.74) is 3.21. The van der Waals surface area contributed by atoms with Gasteiger partial charge in [-0.2, -0.15) is 5.10 Å². The molecule has 4 N–H and O–H groups in total. The van der Waals surface area contributed by atoms with Gasteiger partial charge in [0, 0.05) is 5.56 Å². The lowest BCUT2D eigenvalue weighted by Gasteiger charge is -2.06. The average Bonchev–Trinajstić information content (AvgIpc) is 2.83. The highest BCUT2D eigenvalue weighted by Gasteiger charge is 2.03. The number of nitrogens with one attached hydrogen (secondary N) is 1. The molecule has 0 atom stereocenters. The molecule has 0 radical (unpaired) electrons. The van der Waals surface area contributed by atoms with Gasteiger partial charge in [-0.3, -0.25) is 0 Å². The quantitative estimate of drug-likeness (QED) is 0.382. The fraction of sp³-hybridized carbons (Fsp3) is 0.0909. The van der Waals surface area contributed by atoms with Gasteiger partial charge in [-0.25, -0.2) is 14.9 Å². The number of hydrogen-bond acceptors (Lipinski definition) is 7. The Labute approximate surface area is 113 Å². The van der Waals surface area contributed by atoms with Crippen molar-refractivity contribution in [1.29, 1.82) is 0 Å². The van der Waals surface area contributed by atoms with Crippen molar-refractivity contribution in [3.63, 3.8) is 0 Å². The Bertz CT molecular complexity index is 624. The summed E-state index contributed by atoms with van der Waals surface area (Å²) in [5, 5.41) is 19.8. The van der Waals surface area contributed by atoms with Crippen LogP contribution < -0.4 is 16.0 Å². The van der Waals surface area contributed by atoms with Crippen LogP contribution in [0.3, 0.4) is 0 Å². The van der Waals surface area contributed by atoms with E-state index in [9.17, 15) is 4.79 Å². The molecular weight excluding hydrogens is 264 g/mol. The van der Waals surface area contributed by atoms with E-state index in [0.717, 1.165) is 0 Å². The van der Waals surface area contributed by atoms with Crippen molar-refractivity contribution < 1.29 is 14.6 Å². The zero-order valence-corrected chi connectivity index (χ0v) is 10.3. The van der Waals surface area contributed by atoms with E-state index in [2.05, 4.69) is 20.7 Å². The summed E-state index contributed by atoms with van der Waals surface area (Å²) in [6, 6.07) is 6.89. The third-order valence-corrected chi connectivity index (χ3v) is 2.21. The SMILES string of the molecule is Nn1cnnc1N/N=C/c1ccccc1OCC(=O)O. The van der Waals surface area contributed by atoms with E-state index in [4.69, 9.17) is 15.7 Å². The van der Waals surface area contributed by atoms with Gasteiger partial charge in [0.25, 0.3) is 5.95 Å². The highest BCUT2D eigenvalue weighted by molar-refractivity contribution is 5.84. The maximum atomic E-state index is 10.5. The molecule has 9 nitrogen and oxygen atoms in total. The van der Waals surface area contributed by atoms with Gasteiger partial charge in [-0.05, 0) is 12.1 Å². The van der Waals surface area contributed by atoms with E-state index in [1.54, 1.807) is 24.3 Å². The topological polar surface area (TPSA) is 128 Å². The van der Waals surface area contributed by atoms with Crippen molar-refractivity contribution in [2.24, 2.45) is 5.10 Å². The fourth-order valence-corrected chi connectivity index (χ4v) is 1.34.